The van der Waals surface area contributed by atoms with E-state index in [0.29, 0.717) is 0 Å². The fraction of sp³-hybridized carbons (Fsp3) is 0.143. The number of nitrogens with zero attached hydrogens (tertiary/aromatic N) is 1. The van der Waals surface area contributed by atoms with Crippen LogP contribution in [-0.4, -0.2) is 20.8 Å². The summed E-state index contributed by atoms with van der Waals surface area (Å²) >= 11 is -2.16. The molecule has 1 aromatic carbocycles. The molecule has 0 saturated heterocycles. The summed E-state index contributed by atoms with van der Waals surface area (Å²) in [6.45, 7) is 0. The van der Waals surface area contributed by atoms with Gasteiger partial charge in [0.25, 0.3) is 0 Å². The van der Waals surface area contributed by atoms with Gasteiger partial charge in [0.05, 0.1) is 16.9 Å². The summed E-state index contributed by atoms with van der Waals surface area (Å²) in [7, 11) is 1.26. The third-order valence-electron chi connectivity index (χ3n) is 1.55. The lowest BCUT2D eigenvalue weighted by molar-refractivity contribution is -0.385. The van der Waals surface area contributed by atoms with Gasteiger partial charge in [-0.1, -0.05) is 0 Å². The molecule has 14 heavy (non-hydrogen) atoms. The van der Waals surface area contributed by atoms with Crippen LogP contribution in [0.4, 0.5) is 5.69 Å². The first-order valence-electron chi connectivity index (χ1n) is 3.49. The molecule has 1 atom stereocenters. The van der Waals surface area contributed by atoms with E-state index in [9.17, 15) is 14.3 Å². The van der Waals surface area contributed by atoms with Gasteiger partial charge in [-0.3, -0.25) is 10.1 Å². The zero-order valence-electron chi connectivity index (χ0n) is 7.17. The second-order valence-electron chi connectivity index (χ2n) is 2.34. The molecular formula is C7H7NO5S. The summed E-state index contributed by atoms with van der Waals surface area (Å²) in [6.07, 6.45) is 0. The number of methoxy groups -OCH3 is 1. The Balaban J connectivity index is 3.25. The van der Waals surface area contributed by atoms with E-state index in [-0.39, 0.29) is 16.3 Å². The van der Waals surface area contributed by atoms with E-state index in [2.05, 4.69) is 0 Å². The molecular weight excluding hydrogens is 210 g/mol. The Morgan fingerprint density at radius 2 is 2.21 bits per heavy atom. The summed E-state index contributed by atoms with van der Waals surface area (Å²) in [6, 6.07) is 3.49. The van der Waals surface area contributed by atoms with Crippen molar-refractivity contribution < 1.29 is 18.4 Å². The van der Waals surface area contributed by atoms with Gasteiger partial charge in [0.2, 0.25) is 0 Å². The molecule has 0 heterocycles. The predicted molar refractivity (Wildman–Crippen MR) is 48.7 cm³/mol. The summed E-state index contributed by atoms with van der Waals surface area (Å²) in [5.41, 5.74) is -0.235. The van der Waals surface area contributed by atoms with Crippen LogP contribution in [0.2, 0.25) is 0 Å². The zero-order valence-corrected chi connectivity index (χ0v) is 7.98. The molecule has 0 amide bonds. The van der Waals surface area contributed by atoms with Crippen molar-refractivity contribution in [2.24, 2.45) is 0 Å². The third-order valence-corrected chi connectivity index (χ3v) is 2.21. The number of benzene rings is 1. The maximum atomic E-state index is 10.6. The number of ether oxygens (including phenoxy) is 1. The lowest BCUT2D eigenvalue weighted by Gasteiger charge is -2.02. The lowest BCUT2D eigenvalue weighted by atomic mass is 10.3. The van der Waals surface area contributed by atoms with E-state index in [1.807, 2.05) is 0 Å². The first-order chi connectivity index (χ1) is 6.56. The average Bonchev–Trinajstić information content (AvgIpc) is 2.16. The van der Waals surface area contributed by atoms with Gasteiger partial charge in [-0.25, -0.2) is 4.21 Å². The van der Waals surface area contributed by atoms with Gasteiger partial charge in [0, 0.05) is 12.1 Å². The number of hydrogen-bond acceptors (Lipinski definition) is 4. The molecule has 1 N–H and O–H groups in total. The number of hydrogen-bond donors (Lipinski definition) is 1. The van der Waals surface area contributed by atoms with Crippen molar-refractivity contribution in [3.05, 3.63) is 28.3 Å². The van der Waals surface area contributed by atoms with Crippen LogP contribution in [0, 0.1) is 10.1 Å². The van der Waals surface area contributed by atoms with Crippen molar-refractivity contribution in [3.63, 3.8) is 0 Å². The summed E-state index contributed by atoms with van der Waals surface area (Å²) < 4.78 is 24.1. The Labute approximate surface area is 81.9 Å². The van der Waals surface area contributed by atoms with Crippen LogP contribution in [0.15, 0.2) is 23.1 Å². The van der Waals surface area contributed by atoms with Gasteiger partial charge in [-0.05, 0) is 6.07 Å². The van der Waals surface area contributed by atoms with Crippen molar-refractivity contribution in [1.29, 1.82) is 0 Å². The van der Waals surface area contributed by atoms with Crippen molar-refractivity contribution in [1.82, 2.24) is 0 Å². The molecule has 0 bridgehead atoms. The fourth-order valence-corrected chi connectivity index (χ4v) is 1.31. The highest BCUT2D eigenvalue weighted by molar-refractivity contribution is 7.79. The summed E-state index contributed by atoms with van der Waals surface area (Å²) in [5.74, 6) is -0.0325. The van der Waals surface area contributed by atoms with E-state index >= 15 is 0 Å². The summed E-state index contributed by atoms with van der Waals surface area (Å²) in [4.78, 5) is 9.89. The maximum absolute atomic E-state index is 10.6. The molecule has 0 saturated carbocycles. The SMILES string of the molecule is COc1cc(S(=O)O)ccc1[N+](=O)[O-]. The van der Waals surface area contributed by atoms with Crippen LogP contribution >= 0.6 is 0 Å². The van der Waals surface area contributed by atoms with Crippen molar-refractivity contribution in [2.45, 2.75) is 4.90 Å². The van der Waals surface area contributed by atoms with Crippen LogP contribution < -0.4 is 4.74 Å². The van der Waals surface area contributed by atoms with E-state index in [0.717, 1.165) is 12.1 Å². The fourth-order valence-electron chi connectivity index (χ4n) is 0.917. The molecule has 0 spiro atoms. The number of nitro benzene ring substituents is 1. The highest BCUT2D eigenvalue weighted by atomic mass is 32.2. The van der Waals surface area contributed by atoms with Gasteiger partial charge in [-0.15, -0.1) is 0 Å². The highest BCUT2D eigenvalue weighted by Crippen LogP contribution is 2.28. The van der Waals surface area contributed by atoms with Gasteiger partial charge < -0.3 is 9.29 Å². The molecule has 76 valence electrons. The molecule has 0 aliphatic carbocycles. The minimum atomic E-state index is -2.16. The first kappa shape index (κ1) is 10.6. The van der Waals surface area contributed by atoms with Crippen LogP contribution in [0.1, 0.15) is 0 Å². The molecule has 0 aliphatic heterocycles. The smallest absolute Gasteiger partial charge is 0.310 e. The van der Waals surface area contributed by atoms with E-state index in [1.165, 1.54) is 13.2 Å². The molecule has 0 radical (unpaired) electrons. The number of rotatable bonds is 3. The lowest BCUT2D eigenvalue weighted by Crippen LogP contribution is -1.96. The Kier molecular flexibility index (Phi) is 3.15. The molecule has 7 heteroatoms. The van der Waals surface area contributed by atoms with Crippen LogP contribution in [0.25, 0.3) is 0 Å². The maximum Gasteiger partial charge on any atom is 0.310 e. The minimum absolute atomic E-state index is 0.0325. The van der Waals surface area contributed by atoms with E-state index < -0.39 is 16.0 Å². The predicted octanol–water partition coefficient (Wildman–Crippen LogP) is 1.18. The Bertz CT molecular complexity index is 392. The molecule has 1 rings (SSSR count). The van der Waals surface area contributed by atoms with E-state index in [4.69, 9.17) is 9.29 Å². The largest absolute Gasteiger partial charge is 0.490 e. The number of nitro groups is 1. The molecule has 0 aliphatic rings. The standard InChI is InChI=1S/C7H7NO5S/c1-13-7-4-5(14(11)12)2-3-6(7)8(9)10/h2-4H,1H3,(H,11,12). The van der Waals surface area contributed by atoms with Gasteiger partial charge in [0.1, 0.15) is 0 Å². The minimum Gasteiger partial charge on any atom is -0.490 e. The quantitative estimate of drug-likeness (QED) is 0.466. The van der Waals surface area contributed by atoms with Gasteiger partial charge >= 0.3 is 5.69 Å². The first-order valence-corrected chi connectivity index (χ1v) is 4.60. The average molecular weight is 217 g/mol. The van der Waals surface area contributed by atoms with Gasteiger partial charge in [0.15, 0.2) is 16.8 Å². The molecule has 0 fully saturated rings. The Hall–Kier alpha value is -1.47. The highest BCUT2D eigenvalue weighted by Gasteiger charge is 2.15. The van der Waals surface area contributed by atoms with Crippen molar-refractivity contribution in [2.75, 3.05) is 7.11 Å². The van der Waals surface area contributed by atoms with Crippen molar-refractivity contribution >= 4 is 16.8 Å². The molecule has 0 aromatic heterocycles. The second kappa shape index (κ2) is 4.16. The molecule has 1 aromatic rings. The Morgan fingerprint density at radius 1 is 1.57 bits per heavy atom. The third kappa shape index (κ3) is 2.06. The molecule has 6 nitrogen and oxygen atoms in total. The van der Waals surface area contributed by atoms with Crippen LogP contribution in [0.3, 0.4) is 0 Å². The van der Waals surface area contributed by atoms with Crippen LogP contribution in [0.5, 0.6) is 5.75 Å². The van der Waals surface area contributed by atoms with Crippen LogP contribution in [-0.2, 0) is 11.1 Å². The second-order valence-corrected chi connectivity index (χ2v) is 3.31. The van der Waals surface area contributed by atoms with E-state index in [1.54, 1.807) is 0 Å². The topological polar surface area (TPSA) is 89.7 Å². The summed E-state index contributed by atoms with van der Waals surface area (Å²) in [5, 5.41) is 10.4. The Morgan fingerprint density at radius 3 is 2.64 bits per heavy atom. The monoisotopic (exact) mass is 217 g/mol. The van der Waals surface area contributed by atoms with Crippen molar-refractivity contribution in [3.8, 4) is 5.75 Å². The molecule has 1 unspecified atom stereocenters. The zero-order chi connectivity index (χ0) is 10.7. The normalized spacial score (nSPS) is 12.1. The van der Waals surface area contributed by atoms with Gasteiger partial charge in [-0.2, -0.15) is 0 Å².